The second-order valence-corrected chi connectivity index (χ2v) is 12.3. The van der Waals surface area contributed by atoms with Crippen LogP contribution in [0.4, 0.5) is 0 Å². The number of amides is 2. The molecule has 6 atom stereocenters. The Morgan fingerprint density at radius 3 is 2.47 bits per heavy atom. The highest BCUT2D eigenvalue weighted by atomic mass is 16.7. The Balaban J connectivity index is 1.57. The van der Waals surface area contributed by atoms with Gasteiger partial charge < -0.3 is 44.1 Å². The summed E-state index contributed by atoms with van der Waals surface area (Å²) in [6.45, 7) is 4.07. The largest absolute Gasteiger partial charge is 0.497 e. The maximum Gasteiger partial charge on any atom is 0.231 e. The number of hydrogen-bond donors (Lipinski definition) is 3. The van der Waals surface area contributed by atoms with Gasteiger partial charge in [0.1, 0.15) is 29.4 Å². The van der Waals surface area contributed by atoms with E-state index in [9.17, 15) is 15.0 Å². The number of nitrogens with one attached hydrogen (secondary N) is 1. The lowest BCUT2D eigenvalue weighted by molar-refractivity contribution is -0.167. The molecule has 47 heavy (non-hydrogen) atoms. The van der Waals surface area contributed by atoms with Crippen LogP contribution < -0.4 is 29.0 Å². The second kappa shape index (κ2) is 13.3. The topological polar surface area (TPSA) is 136 Å². The number of likely N-dealkylation sites (tertiary alicyclic amines) is 1. The summed E-state index contributed by atoms with van der Waals surface area (Å²) in [6, 6.07) is 17.6. The summed E-state index contributed by atoms with van der Waals surface area (Å²) in [5, 5.41) is 28.9. The third-order valence-electron chi connectivity index (χ3n) is 9.73. The minimum absolute atomic E-state index is 0.00834. The van der Waals surface area contributed by atoms with Gasteiger partial charge in [-0.2, -0.15) is 0 Å². The van der Waals surface area contributed by atoms with Crippen LogP contribution in [0.2, 0.25) is 0 Å². The van der Waals surface area contributed by atoms with Gasteiger partial charge in [0.15, 0.2) is 11.5 Å². The quantitative estimate of drug-likeness (QED) is 0.312. The number of aliphatic hydroxyl groups is 2. The SMILES string of the molecule is CC[C@H](C)C(=O)N[C@H]1CCCN1C(=O)[C@@H]1[C@@H](c2ccccc2)COc2cc3c(c(OC)c2[C@@]1(O)[C@H](O)c1ccc(OC)cc1)OCO3. The van der Waals surface area contributed by atoms with Crippen molar-refractivity contribution in [3.05, 3.63) is 77.4 Å². The minimum Gasteiger partial charge on any atom is -0.497 e. The molecule has 250 valence electrons. The van der Waals surface area contributed by atoms with Crippen LogP contribution in [-0.2, 0) is 15.2 Å². The molecular weight excluding hydrogens is 604 g/mol. The Morgan fingerprint density at radius 2 is 1.79 bits per heavy atom. The molecule has 3 aliphatic rings. The first-order valence-electron chi connectivity index (χ1n) is 16.1. The Bertz CT molecular complexity index is 1600. The third kappa shape index (κ3) is 5.72. The zero-order chi connectivity index (χ0) is 33.3. The van der Waals surface area contributed by atoms with E-state index < -0.39 is 35.6 Å². The van der Waals surface area contributed by atoms with E-state index in [2.05, 4.69) is 5.32 Å². The summed E-state index contributed by atoms with van der Waals surface area (Å²) in [7, 11) is 2.96. The molecule has 6 rings (SSSR count). The van der Waals surface area contributed by atoms with Crippen LogP contribution >= 0.6 is 0 Å². The number of fused-ring (bicyclic) bond motifs is 2. The minimum atomic E-state index is -2.34. The van der Waals surface area contributed by atoms with E-state index in [1.54, 1.807) is 35.2 Å². The number of hydrogen-bond acceptors (Lipinski definition) is 9. The molecule has 11 heteroatoms. The fourth-order valence-corrected chi connectivity index (χ4v) is 6.96. The van der Waals surface area contributed by atoms with Gasteiger partial charge in [0, 0.05) is 24.4 Å². The van der Waals surface area contributed by atoms with Crippen molar-refractivity contribution in [3.63, 3.8) is 0 Å². The first-order valence-corrected chi connectivity index (χ1v) is 16.1. The molecule has 3 aliphatic heterocycles. The highest BCUT2D eigenvalue weighted by Crippen LogP contribution is 2.60. The average Bonchev–Trinajstić information content (AvgIpc) is 3.75. The summed E-state index contributed by atoms with van der Waals surface area (Å²) in [5.41, 5.74) is -1.19. The molecule has 0 radical (unpaired) electrons. The molecule has 3 N–H and O–H groups in total. The maximum atomic E-state index is 15.2. The standard InChI is InChI=1S/C36H42N2O9/c1-5-21(2)34(40)37-28-12-9-17-38(28)35(41)29-25(22-10-7-6-8-11-22)19-45-26-18-27-31(47-20-46-27)32(44-4)30(26)36(29,42)33(39)23-13-15-24(43-3)16-14-23/h6-8,10-11,13-16,18,21,25,28-29,33,39,42H,5,9,12,17,19-20H2,1-4H3,(H,37,40)/t21-,25+,28+,29-,33+,36+/m0/s1. The molecule has 1 saturated heterocycles. The smallest absolute Gasteiger partial charge is 0.231 e. The zero-order valence-corrected chi connectivity index (χ0v) is 27.1. The van der Waals surface area contributed by atoms with Crippen molar-refractivity contribution < 1.29 is 43.5 Å². The van der Waals surface area contributed by atoms with E-state index >= 15 is 4.79 Å². The van der Waals surface area contributed by atoms with Crippen LogP contribution in [-0.4, -0.2) is 67.3 Å². The second-order valence-electron chi connectivity index (χ2n) is 12.3. The molecule has 3 heterocycles. The molecule has 0 unspecified atom stereocenters. The van der Waals surface area contributed by atoms with Gasteiger partial charge in [0.2, 0.25) is 24.4 Å². The van der Waals surface area contributed by atoms with Gasteiger partial charge in [-0.25, -0.2) is 0 Å². The predicted molar refractivity (Wildman–Crippen MR) is 171 cm³/mol. The molecule has 0 spiro atoms. The van der Waals surface area contributed by atoms with Gasteiger partial charge in [-0.05, 0) is 42.5 Å². The van der Waals surface area contributed by atoms with Crippen LogP contribution in [0.1, 0.15) is 61.8 Å². The van der Waals surface area contributed by atoms with E-state index in [-0.39, 0.29) is 48.0 Å². The van der Waals surface area contributed by atoms with E-state index in [1.165, 1.54) is 14.2 Å². The Hall–Kier alpha value is -4.48. The molecule has 2 amide bonds. The molecule has 3 aromatic rings. The van der Waals surface area contributed by atoms with Crippen LogP contribution in [0.25, 0.3) is 0 Å². The lowest BCUT2D eigenvalue weighted by Crippen LogP contribution is -2.56. The number of rotatable bonds is 9. The number of ether oxygens (including phenoxy) is 5. The van der Waals surface area contributed by atoms with Crippen LogP contribution in [0.15, 0.2) is 60.7 Å². The van der Waals surface area contributed by atoms with Gasteiger partial charge in [0.05, 0.1) is 32.3 Å². The molecule has 11 nitrogen and oxygen atoms in total. The lowest BCUT2D eigenvalue weighted by atomic mass is 9.67. The molecule has 0 bridgehead atoms. The Morgan fingerprint density at radius 1 is 1.04 bits per heavy atom. The van der Waals surface area contributed by atoms with Crippen molar-refractivity contribution >= 4 is 11.8 Å². The van der Waals surface area contributed by atoms with Gasteiger partial charge >= 0.3 is 0 Å². The van der Waals surface area contributed by atoms with E-state index in [1.807, 2.05) is 44.2 Å². The number of carbonyl (C=O) groups excluding carboxylic acids is 2. The normalized spacial score (nSPS) is 24.4. The molecule has 3 aromatic carbocycles. The monoisotopic (exact) mass is 646 g/mol. The number of aliphatic hydroxyl groups excluding tert-OH is 1. The highest BCUT2D eigenvalue weighted by Gasteiger charge is 2.59. The van der Waals surface area contributed by atoms with Crippen molar-refractivity contribution in [2.24, 2.45) is 11.8 Å². The van der Waals surface area contributed by atoms with Crippen molar-refractivity contribution in [1.82, 2.24) is 10.2 Å². The first kappa shape index (κ1) is 32.5. The van der Waals surface area contributed by atoms with Crippen LogP contribution in [0.5, 0.6) is 28.7 Å². The first-order chi connectivity index (χ1) is 22.7. The van der Waals surface area contributed by atoms with Crippen molar-refractivity contribution in [3.8, 4) is 28.7 Å². The molecular formula is C36H42N2O9. The van der Waals surface area contributed by atoms with Gasteiger partial charge in [-0.15, -0.1) is 0 Å². The number of methoxy groups -OCH3 is 2. The van der Waals surface area contributed by atoms with Gasteiger partial charge in [0.25, 0.3) is 0 Å². The van der Waals surface area contributed by atoms with Crippen molar-refractivity contribution in [2.75, 3.05) is 34.2 Å². The summed E-state index contributed by atoms with van der Waals surface area (Å²) in [6.07, 6.45) is -0.355. The summed E-state index contributed by atoms with van der Waals surface area (Å²) in [5.74, 6) is -1.41. The average molecular weight is 647 g/mol. The van der Waals surface area contributed by atoms with Crippen LogP contribution in [0.3, 0.4) is 0 Å². The zero-order valence-electron chi connectivity index (χ0n) is 27.1. The fraction of sp³-hybridized carbons (Fsp3) is 0.444. The molecule has 0 aliphatic carbocycles. The maximum absolute atomic E-state index is 15.2. The molecule has 0 saturated carbocycles. The number of carbonyl (C=O) groups is 2. The third-order valence-corrected chi connectivity index (χ3v) is 9.73. The van der Waals surface area contributed by atoms with Crippen molar-refractivity contribution in [1.29, 1.82) is 0 Å². The van der Waals surface area contributed by atoms with E-state index in [0.717, 1.165) is 5.56 Å². The summed E-state index contributed by atoms with van der Waals surface area (Å²) >= 11 is 0. The van der Waals surface area contributed by atoms with Gasteiger partial charge in [-0.1, -0.05) is 56.3 Å². The fourth-order valence-electron chi connectivity index (χ4n) is 6.96. The molecule has 0 aromatic heterocycles. The highest BCUT2D eigenvalue weighted by molar-refractivity contribution is 5.85. The van der Waals surface area contributed by atoms with Crippen molar-refractivity contribution in [2.45, 2.75) is 56.9 Å². The summed E-state index contributed by atoms with van der Waals surface area (Å²) in [4.78, 5) is 29.8. The Labute approximate surface area is 274 Å². The number of nitrogens with zero attached hydrogens (tertiary/aromatic N) is 1. The molecule has 1 fully saturated rings. The number of benzene rings is 3. The summed E-state index contributed by atoms with van der Waals surface area (Å²) < 4.78 is 29.1. The van der Waals surface area contributed by atoms with E-state index in [4.69, 9.17) is 23.7 Å². The van der Waals surface area contributed by atoms with E-state index in [0.29, 0.717) is 42.9 Å². The van der Waals surface area contributed by atoms with Crippen LogP contribution in [0, 0.1) is 11.8 Å². The van der Waals surface area contributed by atoms with Gasteiger partial charge in [-0.3, -0.25) is 9.59 Å². The Kier molecular flexibility index (Phi) is 9.20. The lowest BCUT2D eigenvalue weighted by Gasteiger charge is -2.44. The predicted octanol–water partition coefficient (Wildman–Crippen LogP) is 4.26.